The van der Waals surface area contributed by atoms with E-state index in [0.717, 1.165) is 0 Å². The van der Waals surface area contributed by atoms with E-state index in [9.17, 15) is 20.1 Å². The number of rotatable bonds is 4. The molecule has 0 aromatic heterocycles. The third-order valence-electron chi connectivity index (χ3n) is 2.84. The van der Waals surface area contributed by atoms with Gasteiger partial charge in [0.2, 0.25) is 0 Å². The van der Waals surface area contributed by atoms with E-state index in [0.29, 0.717) is 0 Å². The molecule has 1 saturated heterocycles. The predicted molar refractivity (Wildman–Crippen MR) is 54.0 cm³/mol. The SMILES string of the molecule is N[C@]1(CC(=O)O)CO[C@H]([C@H](O)CO)[C@H](O)[C@@H]1O. The Labute approximate surface area is 97.2 Å². The van der Waals surface area contributed by atoms with Gasteiger partial charge in [0.15, 0.2) is 0 Å². The summed E-state index contributed by atoms with van der Waals surface area (Å²) >= 11 is 0. The molecule has 8 nitrogen and oxygen atoms in total. The molecule has 1 heterocycles. The number of aliphatic hydroxyl groups is 4. The number of aliphatic carboxylic acids is 1. The van der Waals surface area contributed by atoms with E-state index < -0.39 is 49.0 Å². The third-order valence-corrected chi connectivity index (χ3v) is 2.84. The Morgan fingerprint density at radius 3 is 2.59 bits per heavy atom. The molecule has 1 aliphatic rings. The fraction of sp³-hybridized carbons (Fsp3) is 0.889. The number of ether oxygens (including phenoxy) is 1. The van der Waals surface area contributed by atoms with Gasteiger partial charge in [0.25, 0.3) is 0 Å². The summed E-state index contributed by atoms with van der Waals surface area (Å²) in [4.78, 5) is 10.6. The lowest BCUT2D eigenvalue weighted by Gasteiger charge is -2.44. The van der Waals surface area contributed by atoms with Crippen LogP contribution >= 0.6 is 0 Å². The molecule has 1 fully saturated rings. The van der Waals surface area contributed by atoms with Crippen molar-refractivity contribution in [2.45, 2.75) is 36.4 Å². The first kappa shape index (κ1) is 14.3. The van der Waals surface area contributed by atoms with Gasteiger partial charge in [-0.2, -0.15) is 0 Å². The molecule has 100 valence electrons. The zero-order valence-corrected chi connectivity index (χ0v) is 9.06. The number of hydrogen-bond acceptors (Lipinski definition) is 7. The van der Waals surface area contributed by atoms with Crippen LogP contribution in [0.4, 0.5) is 0 Å². The molecule has 0 amide bonds. The molecule has 0 aromatic rings. The van der Waals surface area contributed by atoms with Crippen LogP contribution in [0.5, 0.6) is 0 Å². The second kappa shape index (κ2) is 5.25. The van der Waals surface area contributed by atoms with Crippen LogP contribution in [0.1, 0.15) is 6.42 Å². The van der Waals surface area contributed by atoms with Gasteiger partial charge in [-0.3, -0.25) is 4.79 Å². The van der Waals surface area contributed by atoms with Crippen LogP contribution in [0, 0.1) is 0 Å². The molecule has 8 heteroatoms. The van der Waals surface area contributed by atoms with Crippen LogP contribution < -0.4 is 5.73 Å². The van der Waals surface area contributed by atoms with Crippen molar-refractivity contribution >= 4 is 5.97 Å². The standard InChI is InChI=1S/C9H17NO7/c10-9(1-5(13)14)3-17-7(4(12)2-11)6(15)8(9)16/h4,6-8,11-12,15-16H,1-3,10H2,(H,13,14)/t4-,6+,7-,8+,9-/m1/s1. The smallest absolute Gasteiger partial charge is 0.305 e. The molecule has 17 heavy (non-hydrogen) atoms. The van der Waals surface area contributed by atoms with E-state index >= 15 is 0 Å². The first-order chi connectivity index (χ1) is 7.81. The Morgan fingerprint density at radius 1 is 1.53 bits per heavy atom. The first-order valence-electron chi connectivity index (χ1n) is 5.09. The lowest BCUT2D eigenvalue weighted by molar-refractivity contribution is -0.207. The maximum absolute atomic E-state index is 10.6. The minimum absolute atomic E-state index is 0.334. The molecule has 0 saturated carbocycles. The van der Waals surface area contributed by atoms with Crippen LogP contribution in [0.25, 0.3) is 0 Å². The summed E-state index contributed by atoms with van der Waals surface area (Å²) in [6.45, 7) is -0.982. The molecule has 0 radical (unpaired) electrons. The average molecular weight is 251 g/mol. The van der Waals surface area contributed by atoms with Gasteiger partial charge in [-0.05, 0) is 0 Å². The number of aliphatic hydroxyl groups excluding tert-OH is 4. The lowest BCUT2D eigenvalue weighted by Crippen LogP contribution is -2.68. The fourth-order valence-corrected chi connectivity index (χ4v) is 1.83. The summed E-state index contributed by atoms with van der Waals surface area (Å²) in [6.07, 6.45) is -6.25. The maximum atomic E-state index is 10.6. The minimum atomic E-state index is -1.61. The zero-order chi connectivity index (χ0) is 13.2. The lowest BCUT2D eigenvalue weighted by atomic mass is 9.82. The van der Waals surface area contributed by atoms with Gasteiger partial charge in [-0.15, -0.1) is 0 Å². The Morgan fingerprint density at radius 2 is 2.12 bits per heavy atom. The highest BCUT2D eigenvalue weighted by molar-refractivity contribution is 5.68. The van der Waals surface area contributed by atoms with Crippen LogP contribution in [0.3, 0.4) is 0 Å². The summed E-state index contributed by atoms with van der Waals surface area (Å²) in [7, 11) is 0. The molecular formula is C9H17NO7. The third kappa shape index (κ3) is 2.92. The molecule has 5 atom stereocenters. The van der Waals surface area contributed by atoms with Crippen molar-refractivity contribution in [3.63, 3.8) is 0 Å². The Kier molecular flexibility index (Phi) is 4.42. The molecule has 0 aliphatic carbocycles. The highest BCUT2D eigenvalue weighted by Crippen LogP contribution is 2.26. The highest BCUT2D eigenvalue weighted by Gasteiger charge is 2.49. The maximum Gasteiger partial charge on any atom is 0.305 e. The monoisotopic (exact) mass is 251 g/mol. The Hall–Kier alpha value is -0.770. The number of carbonyl (C=O) groups is 1. The van der Waals surface area contributed by atoms with Gasteiger partial charge in [0, 0.05) is 0 Å². The van der Waals surface area contributed by atoms with E-state index in [2.05, 4.69) is 0 Å². The highest BCUT2D eigenvalue weighted by atomic mass is 16.5. The summed E-state index contributed by atoms with van der Waals surface area (Å²) < 4.78 is 5.02. The van der Waals surface area contributed by atoms with Gasteiger partial charge in [-0.1, -0.05) is 0 Å². The molecule has 0 unspecified atom stereocenters. The van der Waals surface area contributed by atoms with Crippen molar-refractivity contribution in [3.05, 3.63) is 0 Å². The van der Waals surface area contributed by atoms with E-state index in [1.807, 2.05) is 0 Å². The summed E-state index contributed by atoms with van der Waals surface area (Å²) in [5.74, 6) is -1.23. The van der Waals surface area contributed by atoms with Crippen LogP contribution in [-0.2, 0) is 9.53 Å². The van der Waals surface area contributed by atoms with Gasteiger partial charge in [0.05, 0.1) is 25.2 Å². The second-order valence-corrected chi connectivity index (χ2v) is 4.26. The van der Waals surface area contributed by atoms with Crippen LogP contribution in [0.15, 0.2) is 0 Å². The molecule has 0 spiro atoms. The van der Waals surface area contributed by atoms with Crippen LogP contribution in [0.2, 0.25) is 0 Å². The Balaban J connectivity index is 2.77. The largest absolute Gasteiger partial charge is 0.481 e. The summed E-state index contributed by atoms with van der Waals surface area (Å²) in [5.41, 5.74) is 4.02. The number of carboxylic acid groups (broad SMARTS) is 1. The fourth-order valence-electron chi connectivity index (χ4n) is 1.83. The van der Waals surface area contributed by atoms with Crippen molar-refractivity contribution in [2.75, 3.05) is 13.2 Å². The molecule has 7 N–H and O–H groups in total. The zero-order valence-electron chi connectivity index (χ0n) is 9.06. The summed E-state index contributed by atoms with van der Waals surface area (Å²) in [6, 6.07) is 0. The second-order valence-electron chi connectivity index (χ2n) is 4.26. The van der Waals surface area contributed by atoms with Gasteiger partial charge in [0.1, 0.15) is 24.4 Å². The van der Waals surface area contributed by atoms with Crippen LogP contribution in [-0.4, -0.2) is 74.7 Å². The van der Waals surface area contributed by atoms with Crippen molar-refractivity contribution in [1.29, 1.82) is 0 Å². The van der Waals surface area contributed by atoms with Gasteiger partial charge < -0.3 is 36.0 Å². The molecule has 1 aliphatic heterocycles. The molecular weight excluding hydrogens is 234 g/mol. The van der Waals surface area contributed by atoms with Gasteiger partial charge in [-0.25, -0.2) is 0 Å². The summed E-state index contributed by atoms with van der Waals surface area (Å²) in [5, 5.41) is 46.1. The van der Waals surface area contributed by atoms with E-state index in [1.54, 1.807) is 0 Å². The molecule has 0 bridgehead atoms. The van der Waals surface area contributed by atoms with E-state index in [4.69, 9.17) is 20.7 Å². The number of carboxylic acids is 1. The van der Waals surface area contributed by atoms with Crippen molar-refractivity contribution in [3.8, 4) is 0 Å². The Bertz CT molecular complexity index is 287. The average Bonchev–Trinajstić information content (AvgIpc) is 2.24. The normalized spacial score (nSPS) is 39.9. The predicted octanol–water partition coefficient (Wildman–Crippen LogP) is -3.37. The van der Waals surface area contributed by atoms with Crippen molar-refractivity contribution < 1.29 is 35.1 Å². The van der Waals surface area contributed by atoms with Crippen molar-refractivity contribution in [1.82, 2.24) is 0 Å². The number of nitrogens with two attached hydrogens (primary N) is 1. The minimum Gasteiger partial charge on any atom is -0.481 e. The first-order valence-corrected chi connectivity index (χ1v) is 5.09. The van der Waals surface area contributed by atoms with E-state index in [-0.39, 0.29) is 6.61 Å². The quantitative estimate of drug-likeness (QED) is 0.303. The van der Waals surface area contributed by atoms with Gasteiger partial charge >= 0.3 is 5.97 Å². The topological polar surface area (TPSA) is 153 Å². The van der Waals surface area contributed by atoms with E-state index in [1.165, 1.54) is 0 Å². The molecule has 1 rings (SSSR count). The number of hydrogen-bond donors (Lipinski definition) is 6. The van der Waals surface area contributed by atoms with Crippen molar-refractivity contribution in [2.24, 2.45) is 5.73 Å². The molecule has 0 aromatic carbocycles.